The zero-order chi connectivity index (χ0) is 14.7. The predicted molar refractivity (Wildman–Crippen MR) is 90.5 cm³/mol. The number of alkyl halides is 1. The van der Waals surface area contributed by atoms with E-state index in [0.717, 1.165) is 25.9 Å². The van der Waals surface area contributed by atoms with E-state index in [1.807, 2.05) is 12.2 Å². The van der Waals surface area contributed by atoms with Crippen LogP contribution in [0.2, 0.25) is 0 Å². The van der Waals surface area contributed by atoms with Gasteiger partial charge in [-0.25, -0.2) is 0 Å². The van der Waals surface area contributed by atoms with Gasteiger partial charge in [0.1, 0.15) is 0 Å². The highest BCUT2D eigenvalue weighted by Crippen LogP contribution is 2.00. The van der Waals surface area contributed by atoms with Gasteiger partial charge in [-0.15, -0.1) is 17.3 Å². The van der Waals surface area contributed by atoms with E-state index in [-0.39, 0.29) is 0 Å². The van der Waals surface area contributed by atoms with Crippen LogP contribution < -0.4 is 0 Å². The first-order valence-corrected chi connectivity index (χ1v) is 8.28. The molecule has 0 aromatic heterocycles. The lowest BCUT2D eigenvalue weighted by molar-refractivity contribution is 0.167. The highest BCUT2D eigenvalue weighted by atomic mass is 35.5. The van der Waals surface area contributed by atoms with Crippen molar-refractivity contribution >= 4 is 11.6 Å². The van der Waals surface area contributed by atoms with E-state index in [2.05, 4.69) is 37.0 Å². The molecular formula is C18H29ClO. The van der Waals surface area contributed by atoms with E-state index < -0.39 is 0 Å². The van der Waals surface area contributed by atoms with Crippen molar-refractivity contribution in [1.29, 1.82) is 0 Å². The summed E-state index contributed by atoms with van der Waals surface area (Å²) in [5.74, 6) is 0.662. The van der Waals surface area contributed by atoms with Gasteiger partial charge in [0.15, 0.2) is 0 Å². The molecule has 0 aliphatic heterocycles. The Balaban J connectivity index is 3.29. The molecule has 114 valence electrons. The van der Waals surface area contributed by atoms with Crippen molar-refractivity contribution in [2.45, 2.75) is 51.9 Å². The molecular weight excluding hydrogens is 268 g/mol. The average Bonchev–Trinajstić information content (AvgIpc) is 2.47. The molecule has 1 nitrogen and oxygen atoms in total. The number of allylic oxidation sites excluding steroid dienone is 3. The molecule has 0 aromatic carbocycles. The minimum atomic E-state index is 0.662. The molecule has 0 aliphatic carbocycles. The molecule has 0 heterocycles. The third-order valence-corrected chi connectivity index (χ3v) is 2.91. The monoisotopic (exact) mass is 296 g/mol. The van der Waals surface area contributed by atoms with E-state index in [4.69, 9.17) is 16.3 Å². The minimum absolute atomic E-state index is 0.662. The lowest BCUT2D eigenvalue weighted by Crippen LogP contribution is -1.91. The zero-order valence-electron chi connectivity index (χ0n) is 12.8. The Morgan fingerprint density at radius 3 is 2.55 bits per heavy atom. The first-order chi connectivity index (χ1) is 9.91. The second-order valence-corrected chi connectivity index (χ2v) is 4.97. The number of ether oxygens (including phenoxy) is 1. The van der Waals surface area contributed by atoms with Crippen molar-refractivity contribution in [2.75, 3.05) is 19.1 Å². The van der Waals surface area contributed by atoms with Gasteiger partial charge in [-0.1, -0.05) is 44.1 Å². The van der Waals surface area contributed by atoms with Crippen molar-refractivity contribution in [2.24, 2.45) is 0 Å². The van der Waals surface area contributed by atoms with E-state index in [1.54, 1.807) is 0 Å². The summed E-state index contributed by atoms with van der Waals surface area (Å²) in [6.45, 7) is 3.68. The van der Waals surface area contributed by atoms with Crippen LogP contribution in [0.4, 0.5) is 0 Å². The molecule has 0 fully saturated rings. The molecule has 0 aromatic rings. The topological polar surface area (TPSA) is 9.23 Å². The maximum absolute atomic E-state index is 5.54. The number of hydrogen-bond acceptors (Lipinski definition) is 1. The van der Waals surface area contributed by atoms with E-state index in [1.165, 1.54) is 25.7 Å². The van der Waals surface area contributed by atoms with Gasteiger partial charge in [0.05, 0.1) is 13.2 Å². The molecule has 0 unspecified atom stereocenters. The van der Waals surface area contributed by atoms with Crippen LogP contribution in [0, 0.1) is 0 Å². The maximum atomic E-state index is 5.54. The SMILES string of the molecule is CCCCC/C=C\C/C=C\COCCC=C=CCCCl. The minimum Gasteiger partial charge on any atom is -0.377 e. The molecule has 0 spiro atoms. The lowest BCUT2D eigenvalue weighted by Gasteiger charge is -1.95. The van der Waals surface area contributed by atoms with Crippen LogP contribution in [-0.2, 0) is 4.74 Å². The second kappa shape index (κ2) is 18.2. The van der Waals surface area contributed by atoms with Gasteiger partial charge in [0, 0.05) is 5.88 Å². The van der Waals surface area contributed by atoms with Gasteiger partial charge < -0.3 is 4.74 Å². The number of hydrogen-bond donors (Lipinski definition) is 0. The van der Waals surface area contributed by atoms with Gasteiger partial charge in [0.25, 0.3) is 0 Å². The standard InChI is InChI=1S/C18H29ClO/c1-2-3-4-5-6-7-8-11-14-17-20-18-15-12-9-10-13-16-19/h6-7,10-12,14H,2-5,8,13,15-18H2,1H3/b7-6-,14-11-. The smallest absolute Gasteiger partial charge is 0.0647 e. The summed E-state index contributed by atoms with van der Waals surface area (Å²) in [5, 5.41) is 0. The molecule has 0 aliphatic rings. The number of unbranched alkanes of at least 4 members (excludes halogenated alkanes) is 3. The maximum Gasteiger partial charge on any atom is 0.0647 e. The fraction of sp³-hybridized carbons (Fsp3) is 0.611. The van der Waals surface area contributed by atoms with Crippen molar-refractivity contribution in [3.05, 3.63) is 42.2 Å². The fourth-order valence-electron chi connectivity index (χ4n) is 1.57. The molecule has 20 heavy (non-hydrogen) atoms. The molecule has 0 amide bonds. The van der Waals surface area contributed by atoms with Gasteiger partial charge in [-0.05, 0) is 44.3 Å². The summed E-state index contributed by atoms with van der Waals surface area (Å²) < 4.78 is 5.48. The van der Waals surface area contributed by atoms with Gasteiger partial charge in [0.2, 0.25) is 0 Å². The third-order valence-electron chi connectivity index (χ3n) is 2.69. The van der Waals surface area contributed by atoms with Crippen molar-refractivity contribution in [1.82, 2.24) is 0 Å². The molecule has 0 saturated carbocycles. The Morgan fingerprint density at radius 2 is 1.75 bits per heavy atom. The van der Waals surface area contributed by atoms with Crippen LogP contribution in [0.25, 0.3) is 0 Å². The van der Waals surface area contributed by atoms with Crippen molar-refractivity contribution in [3.8, 4) is 0 Å². The molecule has 0 atom stereocenters. The van der Waals surface area contributed by atoms with Gasteiger partial charge in [-0.3, -0.25) is 0 Å². The quantitative estimate of drug-likeness (QED) is 0.180. The third kappa shape index (κ3) is 17.2. The first-order valence-electron chi connectivity index (χ1n) is 7.75. The summed E-state index contributed by atoms with van der Waals surface area (Å²) >= 11 is 5.54. The van der Waals surface area contributed by atoms with E-state index in [0.29, 0.717) is 12.5 Å². The van der Waals surface area contributed by atoms with Crippen molar-refractivity contribution < 1.29 is 4.74 Å². The second-order valence-electron chi connectivity index (χ2n) is 4.59. The van der Waals surface area contributed by atoms with Gasteiger partial charge in [-0.2, -0.15) is 0 Å². The van der Waals surface area contributed by atoms with Crippen LogP contribution in [0.15, 0.2) is 42.2 Å². The Labute approximate surface area is 130 Å². The summed E-state index contributed by atoms with van der Waals surface area (Å²) in [7, 11) is 0. The van der Waals surface area contributed by atoms with Crippen LogP contribution in [0.1, 0.15) is 51.9 Å². The Bertz CT molecular complexity index is 299. The zero-order valence-corrected chi connectivity index (χ0v) is 13.6. The lowest BCUT2D eigenvalue weighted by atomic mass is 10.2. The number of rotatable bonds is 13. The Hall–Kier alpha value is -0.750. The van der Waals surface area contributed by atoms with Crippen LogP contribution in [0.3, 0.4) is 0 Å². The van der Waals surface area contributed by atoms with E-state index in [9.17, 15) is 0 Å². The first kappa shape index (κ1) is 19.2. The van der Waals surface area contributed by atoms with Crippen LogP contribution >= 0.6 is 11.6 Å². The molecule has 2 heteroatoms. The number of halogens is 1. The molecule has 0 saturated heterocycles. The Kier molecular flexibility index (Phi) is 17.6. The van der Waals surface area contributed by atoms with E-state index >= 15 is 0 Å². The largest absolute Gasteiger partial charge is 0.377 e. The van der Waals surface area contributed by atoms with Crippen LogP contribution in [0.5, 0.6) is 0 Å². The Morgan fingerprint density at radius 1 is 0.950 bits per heavy atom. The molecule has 0 bridgehead atoms. The average molecular weight is 297 g/mol. The summed E-state index contributed by atoms with van der Waals surface area (Å²) in [4.78, 5) is 0. The normalized spacial score (nSPS) is 11.1. The highest BCUT2D eigenvalue weighted by Gasteiger charge is 1.82. The fourth-order valence-corrected chi connectivity index (χ4v) is 1.68. The summed E-state index contributed by atoms with van der Waals surface area (Å²) in [6, 6.07) is 0. The summed E-state index contributed by atoms with van der Waals surface area (Å²) in [5.41, 5.74) is 3.08. The van der Waals surface area contributed by atoms with Crippen molar-refractivity contribution in [3.63, 3.8) is 0 Å². The predicted octanol–water partition coefficient (Wildman–Crippen LogP) is 5.82. The summed E-state index contributed by atoms with van der Waals surface area (Å²) in [6.07, 6.45) is 20.7. The van der Waals surface area contributed by atoms with Gasteiger partial charge >= 0.3 is 0 Å². The van der Waals surface area contributed by atoms with Crippen LogP contribution in [-0.4, -0.2) is 19.1 Å². The highest BCUT2D eigenvalue weighted by molar-refractivity contribution is 6.17. The molecule has 0 rings (SSSR count). The molecule has 0 N–H and O–H groups in total. The molecule has 0 radical (unpaired) electrons.